The van der Waals surface area contributed by atoms with Gasteiger partial charge < -0.3 is 4.90 Å². The zero-order valence-electron chi connectivity index (χ0n) is 9.46. The molecule has 74 valence electrons. The van der Waals surface area contributed by atoms with Gasteiger partial charge in [-0.25, -0.2) is 0 Å². The van der Waals surface area contributed by atoms with Crippen molar-refractivity contribution in [1.82, 2.24) is 4.90 Å². The first-order valence-corrected chi connectivity index (χ1v) is 4.71. The van der Waals surface area contributed by atoms with Crippen molar-refractivity contribution in [1.29, 1.82) is 0 Å². The van der Waals surface area contributed by atoms with Crippen LogP contribution in [0.2, 0.25) is 0 Å². The van der Waals surface area contributed by atoms with Crippen LogP contribution < -0.4 is 0 Å². The molecule has 0 saturated heterocycles. The highest BCUT2D eigenvalue weighted by molar-refractivity contribution is 5.05. The maximum absolute atomic E-state index is 5.36. The molecular formula is C12H21N. The van der Waals surface area contributed by atoms with Crippen LogP contribution in [0, 0.1) is 23.7 Å². The van der Waals surface area contributed by atoms with Gasteiger partial charge in [-0.3, -0.25) is 0 Å². The minimum atomic E-state index is 0.124. The number of hydrogen-bond donors (Lipinski definition) is 0. The molecule has 0 radical (unpaired) electrons. The van der Waals surface area contributed by atoms with Crippen LogP contribution in [0.25, 0.3) is 0 Å². The van der Waals surface area contributed by atoms with Crippen molar-refractivity contribution in [3.8, 4) is 12.3 Å². The Kier molecular flexibility index (Phi) is 4.62. The number of rotatable bonds is 4. The third-order valence-electron chi connectivity index (χ3n) is 2.56. The van der Waals surface area contributed by atoms with E-state index in [2.05, 4.69) is 39.0 Å². The molecule has 1 nitrogen and oxygen atoms in total. The van der Waals surface area contributed by atoms with Crippen molar-refractivity contribution in [2.24, 2.45) is 11.3 Å². The molecule has 0 aromatic heterocycles. The second kappa shape index (κ2) is 4.97. The molecule has 0 saturated carbocycles. The fourth-order valence-corrected chi connectivity index (χ4v) is 0.995. The highest BCUT2D eigenvalue weighted by atomic mass is 15.0. The number of hydrogen-bond acceptors (Lipinski definition) is 1. The maximum atomic E-state index is 5.36. The van der Waals surface area contributed by atoms with Gasteiger partial charge in [-0.15, -0.1) is 12.3 Å². The Bertz CT molecular complexity index is 208. The summed E-state index contributed by atoms with van der Waals surface area (Å²) in [5.74, 6) is 3.31. The van der Waals surface area contributed by atoms with Crippen LogP contribution in [-0.2, 0) is 0 Å². The molecule has 0 amide bonds. The first-order chi connectivity index (χ1) is 5.92. The zero-order valence-corrected chi connectivity index (χ0v) is 9.46. The number of terminal acetylenes is 1. The Hall–Kier alpha value is -0.900. The van der Waals surface area contributed by atoms with Gasteiger partial charge in [0.2, 0.25) is 0 Å². The zero-order chi connectivity index (χ0) is 10.5. The summed E-state index contributed by atoms with van der Waals surface area (Å²) in [6, 6.07) is 0. The largest absolute Gasteiger partial charge is 0.384 e. The molecule has 0 aromatic rings. The molecule has 0 rings (SSSR count). The topological polar surface area (TPSA) is 3.24 Å². The van der Waals surface area contributed by atoms with Gasteiger partial charge in [0, 0.05) is 25.9 Å². The Morgan fingerprint density at radius 1 is 1.46 bits per heavy atom. The number of allylic oxidation sites excluding steroid dienone is 1. The highest BCUT2D eigenvalue weighted by Crippen LogP contribution is 2.32. The highest BCUT2D eigenvalue weighted by Gasteiger charge is 2.23. The monoisotopic (exact) mass is 179 g/mol. The second-order valence-corrected chi connectivity index (χ2v) is 4.32. The molecular weight excluding hydrogens is 158 g/mol. The van der Waals surface area contributed by atoms with Gasteiger partial charge in [-0.1, -0.05) is 26.8 Å². The van der Waals surface area contributed by atoms with Gasteiger partial charge in [-0.05, 0) is 12.1 Å². The minimum Gasteiger partial charge on any atom is -0.384 e. The Morgan fingerprint density at radius 3 is 2.31 bits per heavy atom. The third-order valence-corrected chi connectivity index (χ3v) is 2.56. The average Bonchev–Trinajstić information content (AvgIpc) is 2.01. The van der Waals surface area contributed by atoms with Gasteiger partial charge in [0.15, 0.2) is 0 Å². The molecule has 0 spiro atoms. The van der Waals surface area contributed by atoms with Gasteiger partial charge in [0.05, 0.1) is 0 Å². The normalized spacial score (nSPS) is 15.8. The molecule has 1 heteroatoms. The van der Waals surface area contributed by atoms with E-state index in [9.17, 15) is 0 Å². The molecule has 1 unspecified atom stereocenters. The fourth-order valence-electron chi connectivity index (χ4n) is 0.995. The van der Waals surface area contributed by atoms with E-state index in [1.807, 2.05) is 19.0 Å². The predicted molar refractivity (Wildman–Crippen MR) is 59.2 cm³/mol. The standard InChI is InChI=1S/C12H21N/c1-7-8-12(4,11(2)3)9-10-13(5)6/h1,9-11H,8H2,2-6H3/b10-9-. The van der Waals surface area contributed by atoms with E-state index >= 15 is 0 Å². The van der Waals surface area contributed by atoms with E-state index < -0.39 is 0 Å². The molecule has 13 heavy (non-hydrogen) atoms. The summed E-state index contributed by atoms with van der Waals surface area (Å²) in [4.78, 5) is 2.04. The second-order valence-electron chi connectivity index (χ2n) is 4.32. The van der Waals surface area contributed by atoms with Crippen LogP contribution in [0.15, 0.2) is 12.3 Å². The Labute approximate surface area is 82.8 Å². The summed E-state index contributed by atoms with van der Waals surface area (Å²) in [6.45, 7) is 6.62. The average molecular weight is 179 g/mol. The first kappa shape index (κ1) is 12.1. The van der Waals surface area contributed by atoms with Crippen LogP contribution in [-0.4, -0.2) is 19.0 Å². The summed E-state index contributed by atoms with van der Waals surface area (Å²) in [7, 11) is 4.04. The number of nitrogens with zero attached hydrogens (tertiary/aromatic N) is 1. The molecule has 0 aliphatic rings. The van der Waals surface area contributed by atoms with Crippen LogP contribution >= 0.6 is 0 Å². The molecule has 0 aromatic carbocycles. The van der Waals surface area contributed by atoms with E-state index in [1.54, 1.807) is 0 Å². The molecule has 0 aliphatic heterocycles. The van der Waals surface area contributed by atoms with Gasteiger partial charge >= 0.3 is 0 Å². The van der Waals surface area contributed by atoms with Crippen molar-refractivity contribution in [2.45, 2.75) is 27.2 Å². The molecule has 1 atom stereocenters. The van der Waals surface area contributed by atoms with Gasteiger partial charge in [-0.2, -0.15) is 0 Å². The smallest absolute Gasteiger partial charge is 0.0178 e. The van der Waals surface area contributed by atoms with Gasteiger partial charge in [0.25, 0.3) is 0 Å². The Balaban J connectivity index is 4.52. The SMILES string of the molecule is C#CCC(C)(/C=C\N(C)C)C(C)C. The molecule has 0 aliphatic carbocycles. The summed E-state index contributed by atoms with van der Waals surface area (Å²) in [5.41, 5.74) is 0.124. The van der Waals surface area contributed by atoms with Crippen molar-refractivity contribution in [3.63, 3.8) is 0 Å². The molecule has 0 bridgehead atoms. The van der Waals surface area contributed by atoms with Crippen LogP contribution in [0.1, 0.15) is 27.2 Å². The van der Waals surface area contributed by atoms with E-state index in [0.29, 0.717) is 5.92 Å². The third kappa shape index (κ3) is 4.03. The molecule has 0 fully saturated rings. The lowest BCUT2D eigenvalue weighted by Crippen LogP contribution is -2.21. The molecule has 0 heterocycles. The predicted octanol–water partition coefficient (Wildman–Crippen LogP) is 2.75. The lowest BCUT2D eigenvalue weighted by Gasteiger charge is -2.28. The van der Waals surface area contributed by atoms with Crippen molar-refractivity contribution < 1.29 is 0 Å². The van der Waals surface area contributed by atoms with Crippen LogP contribution in [0.4, 0.5) is 0 Å². The van der Waals surface area contributed by atoms with E-state index in [-0.39, 0.29) is 5.41 Å². The lowest BCUT2D eigenvalue weighted by molar-refractivity contribution is 0.302. The van der Waals surface area contributed by atoms with E-state index in [4.69, 9.17) is 6.42 Å². The quantitative estimate of drug-likeness (QED) is 0.600. The summed E-state index contributed by atoms with van der Waals surface area (Å²) < 4.78 is 0. The fraction of sp³-hybridized carbons (Fsp3) is 0.667. The van der Waals surface area contributed by atoms with E-state index in [1.165, 1.54) is 0 Å². The minimum absolute atomic E-state index is 0.124. The first-order valence-electron chi connectivity index (χ1n) is 4.71. The van der Waals surface area contributed by atoms with Crippen LogP contribution in [0.5, 0.6) is 0 Å². The van der Waals surface area contributed by atoms with Crippen molar-refractivity contribution in [2.75, 3.05) is 14.1 Å². The van der Waals surface area contributed by atoms with Crippen molar-refractivity contribution >= 4 is 0 Å². The van der Waals surface area contributed by atoms with Crippen LogP contribution in [0.3, 0.4) is 0 Å². The maximum Gasteiger partial charge on any atom is 0.0178 e. The molecule has 0 N–H and O–H groups in total. The van der Waals surface area contributed by atoms with Crippen molar-refractivity contribution in [3.05, 3.63) is 12.3 Å². The summed E-state index contributed by atoms with van der Waals surface area (Å²) in [6.07, 6.45) is 10.4. The lowest BCUT2D eigenvalue weighted by atomic mass is 9.76. The Morgan fingerprint density at radius 2 is 2.00 bits per heavy atom. The summed E-state index contributed by atoms with van der Waals surface area (Å²) >= 11 is 0. The van der Waals surface area contributed by atoms with Gasteiger partial charge in [0.1, 0.15) is 0 Å². The van der Waals surface area contributed by atoms with E-state index in [0.717, 1.165) is 6.42 Å². The summed E-state index contributed by atoms with van der Waals surface area (Å²) in [5, 5.41) is 0.